The molecule has 0 saturated carbocycles. The number of hydrogen-bond acceptors (Lipinski definition) is 7. The maximum Gasteiger partial charge on any atom is 0.186 e. The lowest BCUT2D eigenvalue weighted by Gasteiger charge is -2.19. The van der Waals surface area contributed by atoms with Gasteiger partial charge >= 0.3 is 0 Å². The van der Waals surface area contributed by atoms with Crippen molar-refractivity contribution in [1.29, 1.82) is 0 Å². The van der Waals surface area contributed by atoms with Crippen LogP contribution in [0, 0.1) is 13.8 Å². The number of benzene rings is 2. The molecule has 0 amide bonds. The number of hydrogen-bond donors (Lipinski definition) is 0. The van der Waals surface area contributed by atoms with E-state index in [4.69, 9.17) is 28.4 Å². The van der Waals surface area contributed by atoms with Gasteiger partial charge in [-0.2, -0.15) is 0 Å². The zero-order valence-corrected chi connectivity index (χ0v) is 22.6. The Hall–Kier alpha value is -2.18. The van der Waals surface area contributed by atoms with Gasteiger partial charge in [-0.15, -0.1) is 0 Å². The molecule has 2 aromatic carbocycles. The molecular weight excluding hydrogens is 467 g/mol. The first-order valence-electron chi connectivity index (χ1n) is 12.2. The van der Waals surface area contributed by atoms with E-state index in [0.717, 1.165) is 16.7 Å². The maximum atomic E-state index is 13.4. The monoisotopic (exact) mass is 506 g/mol. The van der Waals surface area contributed by atoms with Gasteiger partial charge < -0.3 is 28.4 Å². The van der Waals surface area contributed by atoms with E-state index in [1.54, 1.807) is 0 Å². The molecule has 1 atom stereocenters. The largest absolute Gasteiger partial charge is 0.491 e. The Bertz CT molecular complexity index is 863. The molecule has 0 spiro atoms. The average Bonchev–Trinajstić information content (AvgIpc) is 2.84. The molecule has 0 aliphatic carbocycles. The van der Waals surface area contributed by atoms with Crippen molar-refractivity contribution < 1.29 is 33.2 Å². The van der Waals surface area contributed by atoms with Crippen LogP contribution in [0.25, 0.3) is 0 Å². The predicted octanol–water partition coefficient (Wildman–Crippen LogP) is 4.69. The van der Waals surface area contributed by atoms with Crippen LogP contribution in [0.5, 0.6) is 17.2 Å². The van der Waals surface area contributed by atoms with E-state index in [1.165, 1.54) is 0 Å². The summed E-state index contributed by atoms with van der Waals surface area (Å²) in [6.45, 7) is 14.0. The van der Waals surface area contributed by atoms with Gasteiger partial charge in [-0.25, -0.2) is 0 Å². The van der Waals surface area contributed by atoms with Gasteiger partial charge in [-0.1, -0.05) is 18.2 Å². The molecule has 0 saturated heterocycles. The molecule has 2 aromatic rings. The molecule has 0 bridgehead atoms. The van der Waals surface area contributed by atoms with Crippen molar-refractivity contribution in [3.8, 4) is 17.2 Å². The molecule has 35 heavy (non-hydrogen) atoms. The van der Waals surface area contributed by atoms with Crippen molar-refractivity contribution in [2.24, 2.45) is 0 Å². The van der Waals surface area contributed by atoms with Crippen molar-refractivity contribution >= 4 is 19.4 Å². The fourth-order valence-electron chi connectivity index (χ4n) is 3.42. The van der Waals surface area contributed by atoms with E-state index in [9.17, 15) is 4.79 Å². The summed E-state index contributed by atoms with van der Waals surface area (Å²) in [4.78, 5) is 13.4. The van der Waals surface area contributed by atoms with Crippen LogP contribution in [0.4, 0.5) is 0 Å². The molecule has 0 heterocycles. The van der Waals surface area contributed by atoms with Gasteiger partial charge in [0.15, 0.2) is 5.52 Å². The van der Waals surface area contributed by atoms with E-state index in [0.29, 0.717) is 82.0 Å². The van der Waals surface area contributed by atoms with Crippen molar-refractivity contribution in [1.82, 2.24) is 0 Å². The topological polar surface area (TPSA) is 72.5 Å². The van der Waals surface area contributed by atoms with Crippen LogP contribution in [0.15, 0.2) is 30.3 Å². The van der Waals surface area contributed by atoms with Crippen LogP contribution in [0.3, 0.4) is 0 Å². The van der Waals surface area contributed by atoms with E-state index < -0.39 is 0 Å². The molecule has 0 aromatic heterocycles. The van der Waals surface area contributed by atoms with Crippen molar-refractivity contribution in [2.45, 2.75) is 34.6 Å². The Labute approximate surface area is 211 Å². The molecule has 2 rings (SSSR count). The second-order valence-electron chi connectivity index (χ2n) is 7.65. The minimum absolute atomic E-state index is 0.0370. The molecule has 0 aliphatic heterocycles. The molecule has 194 valence electrons. The van der Waals surface area contributed by atoms with E-state index in [2.05, 4.69) is 0 Å². The molecule has 0 aliphatic rings. The van der Waals surface area contributed by atoms with Crippen LogP contribution in [-0.2, 0) is 14.2 Å². The summed E-state index contributed by atoms with van der Waals surface area (Å²) in [5, 5.41) is 0.711. The zero-order chi connectivity index (χ0) is 25.5. The third kappa shape index (κ3) is 9.77. The first kappa shape index (κ1) is 29.1. The third-order valence-electron chi connectivity index (χ3n) is 5.07. The highest BCUT2D eigenvalue weighted by Crippen LogP contribution is 2.35. The Kier molecular flexibility index (Phi) is 13.7. The summed E-state index contributed by atoms with van der Waals surface area (Å²) in [6, 6.07) is 9.50. The number of aryl methyl sites for hydroxylation is 2. The van der Waals surface area contributed by atoms with E-state index >= 15 is 0 Å². The quantitative estimate of drug-likeness (QED) is 0.214. The summed E-state index contributed by atoms with van der Waals surface area (Å²) in [5.74, 6) is 1.71. The van der Waals surface area contributed by atoms with Gasteiger partial charge in [0.2, 0.25) is 0 Å². The highest BCUT2D eigenvalue weighted by atomic mass is 31.1. The van der Waals surface area contributed by atoms with Gasteiger partial charge in [0, 0.05) is 37.5 Å². The number of carbonyl (C=O) groups is 1. The summed E-state index contributed by atoms with van der Waals surface area (Å²) >= 11 is 0. The van der Waals surface area contributed by atoms with Gasteiger partial charge in [0.1, 0.15) is 37.1 Å². The van der Waals surface area contributed by atoms with Crippen LogP contribution in [0.2, 0.25) is 0 Å². The molecule has 8 heteroatoms. The smallest absolute Gasteiger partial charge is 0.186 e. The SMILES string of the molecule is CCOCCOc1cc(OCCOCC)c(PC(=O)c2c(C)cccc2C)c(OCCOCC)c1. The van der Waals surface area contributed by atoms with Crippen LogP contribution >= 0.6 is 8.58 Å². The van der Waals surface area contributed by atoms with Crippen molar-refractivity contribution in [2.75, 3.05) is 59.5 Å². The first-order valence-corrected chi connectivity index (χ1v) is 13.2. The van der Waals surface area contributed by atoms with Crippen molar-refractivity contribution in [3.63, 3.8) is 0 Å². The van der Waals surface area contributed by atoms with Crippen LogP contribution < -0.4 is 19.5 Å². The second-order valence-corrected chi connectivity index (χ2v) is 8.86. The Morgan fingerprint density at radius 1 is 0.714 bits per heavy atom. The van der Waals surface area contributed by atoms with Crippen molar-refractivity contribution in [3.05, 3.63) is 47.0 Å². The molecular formula is C27H39O7P. The summed E-state index contributed by atoms with van der Waals surface area (Å²) in [6.07, 6.45) is 0. The molecule has 0 N–H and O–H groups in total. The van der Waals surface area contributed by atoms with Gasteiger partial charge in [-0.05, 0) is 54.3 Å². The second kappa shape index (κ2) is 16.5. The number of ether oxygens (including phenoxy) is 6. The predicted molar refractivity (Wildman–Crippen MR) is 141 cm³/mol. The minimum Gasteiger partial charge on any atom is -0.491 e. The number of rotatable bonds is 18. The summed E-state index contributed by atoms with van der Waals surface area (Å²) < 4.78 is 34.3. The molecule has 0 fully saturated rings. The summed E-state index contributed by atoms with van der Waals surface area (Å²) in [5.41, 5.74) is 2.69. The zero-order valence-electron chi connectivity index (χ0n) is 21.6. The lowest BCUT2D eigenvalue weighted by Crippen LogP contribution is -2.17. The Morgan fingerprint density at radius 2 is 1.17 bits per heavy atom. The molecule has 7 nitrogen and oxygen atoms in total. The Balaban J connectivity index is 2.38. The fraction of sp³-hybridized carbons (Fsp3) is 0.519. The normalized spacial score (nSPS) is 11.2. The van der Waals surface area contributed by atoms with E-state index in [-0.39, 0.29) is 14.1 Å². The Morgan fingerprint density at radius 3 is 1.63 bits per heavy atom. The first-order chi connectivity index (χ1) is 17.0. The maximum absolute atomic E-state index is 13.4. The minimum atomic E-state index is -0.182. The van der Waals surface area contributed by atoms with Gasteiger partial charge in [0.25, 0.3) is 0 Å². The standard InChI is InChI=1S/C27H39O7P/c1-6-29-12-15-32-22-18-23(33-16-13-30-7-2)26(24(19-22)34-17-14-31-8-3)35-27(28)25-20(4)10-9-11-21(25)5/h9-11,18-19,35H,6-8,12-17H2,1-5H3. The highest BCUT2D eigenvalue weighted by Gasteiger charge is 2.21. The summed E-state index contributed by atoms with van der Waals surface area (Å²) in [7, 11) is -0.182. The highest BCUT2D eigenvalue weighted by molar-refractivity contribution is 7.66. The van der Waals surface area contributed by atoms with Gasteiger partial charge in [-0.3, -0.25) is 4.79 Å². The van der Waals surface area contributed by atoms with Crippen LogP contribution in [0.1, 0.15) is 42.3 Å². The van der Waals surface area contributed by atoms with Gasteiger partial charge in [0.05, 0.1) is 25.1 Å². The fourth-order valence-corrected chi connectivity index (χ4v) is 4.70. The lowest BCUT2D eigenvalue weighted by molar-refractivity contribution is 0.105. The molecule has 1 unspecified atom stereocenters. The third-order valence-corrected chi connectivity index (χ3v) is 6.29. The molecule has 0 radical (unpaired) electrons. The van der Waals surface area contributed by atoms with Crippen LogP contribution in [-0.4, -0.2) is 65.0 Å². The lowest BCUT2D eigenvalue weighted by atomic mass is 10.0. The van der Waals surface area contributed by atoms with E-state index in [1.807, 2.05) is 65.0 Å². The average molecular weight is 507 g/mol. The number of carbonyl (C=O) groups excluding carboxylic acids is 1.